The number of nitrogens with zero attached hydrogens (tertiary/aromatic N) is 3. The van der Waals surface area contributed by atoms with Gasteiger partial charge in [0.1, 0.15) is 0 Å². The predicted molar refractivity (Wildman–Crippen MR) is 69.9 cm³/mol. The molecule has 1 fully saturated rings. The van der Waals surface area contributed by atoms with Crippen molar-refractivity contribution < 1.29 is 9.47 Å². The third kappa shape index (κ3) is 3.09. The normalized spacial score (nSPS) is 37.6. The zero-order valence-corrected chi connectivity index (χ0v) is 12.0. The maximum Gasteiger partial charge on any atom is 0.158 e. The van der Waals surface area contributed by atoms with Crippen LogP contribution in [-0.4, -0.2) is 33.9 Å². The number of alkyl halides is 2. The highest BCUT2D eigenvalue weighted by atomic mass is 127. The molecule has 1 rings (SSSR count). The van der Waals surface area contributed by atoms with Crippen LogP contribution in [0.15, 0.2) is 5.11 Å². The maximum absolute atomic E-state index is 8.43. The summed E-state index contributed by atoms with van der Waals surface area (Å²) in [5.41, 5.74) is 8.43. The van der Waals surface area contributed by atoms with Crippen molar-refractivity contribution in [3.63, 3.8) is 0 Å². The van der Waals surface area contributed by atoms with Crippen molar-refractivity contribution in [2.45, 2.75) is 28.8 Å². The first-order valence-corrected chi connectivity index (χ1v) is 6.92. The Kier molecular flexibility index (Phi) is 5.75. The summed E-state index contributed by atoms with van der Waals surface area (Å²) < 4.78 is 11.9. The van der Waals surface area contributed by atoms with Gasteiger partial charge in [0.05, 0.1) is 12.1 Å². The van der Waals surface area contributed by atoms with Crippen molar-refractivity contribution in [2.75, 3.05) is 11.5 Å². The van der Waals surface area contributed by atoms with Crippen LogP contribution in [0.3, 0.4) is 0 Å². The molecule has 0 N–H and O–H groups in total. The van der Waals surface area contributed by atoms with E-state index in [1.54, 1.807) is 7.11 Å². The van der Waals surface area contributed by atoms with Crippen LogP contribution in [0, 0.1) is 0 Å². The number of hydrogen-bond acceptors (Lipinski definition) is 3. The molecule has 1 heterocycles. The Morgan fingerprint density at radius 3 is 2.93 bits per heavy atom. The molecular formula is C7H11I2N3O2. The van der Waals surface area contributed by atoms with Gasteiger partial charge in [0.2, 0.25) is 0 Å². The van der Waals surface area contributed by atoms with Crippen molar-refractivity contribution in [1.82, 2.24) is 0 Å². The molecule has 0 amide bonds. The lowest BCUT2D eigenvalue weighted by atomic mass is 10.0. The van der Waals surface area contributed by atoms with Crippen LogP contribution >= 0.6 is 45.2 Å². The van der Waals surface area contributed by atoms with Crippen LogP contribution in [0.5, 0.6) is 0 Å². The molecule has 80 valence electrons. The quantitative estimate of drug-likeness (QED) is 0.231. The monoisotopic (exact) mass is 423 g/mol. The molecule has 0 radical (unpaired) electrons. The predicted octanol–water partition coefficient (Wildman–Crippen LogP) is 2.67. The van der Waals surface area contributed by atoms with E-state index in [0.717, 1.165) is 4.43 Å². The Hall–Kier alpha value is 0.690. The Morgan fingerprint density at radius 1 is 1.71 bits per heavy atom. The van der Waals surface area contributed by atoms with Crippen molar-refractivity contribution >= 4 is 45.2 Å². The number of halogens is 2. The standard InChI is InChI=1S/C7H11I2N3O2/c1-13-6-2-4(11-12-10)7(9)5(3-8)14-6/h4-7H,2-3H2,1H3/t4-,5+,6+,7-/m0/s1. The molecule has 0 aliphatic carbocycles. The second kappa shape index (κ2) is 6.31. The van der Waals surface area contributed by atoms with E-state index in [4.69, 9.17) is 15.0 Å². The van der Waals surface area contributed by atoms with Crippen LogP contribution in [0.4, 0.5) is 0 Å². The first kappa shape index (κ1) is 12.8. The molecule has 0 bridgehead atoms. The fourth-order valence-electron chi connectivity index (χ4n) is 1.35. The third-order valence-corrected chi connectivity index (χ3v) is 4.60. The summed E-state index contributed by atoms with van der Waals surface area (Å²) in [4.78, 5) is 2.85. The van der Waals surface area contributed by atoms with E-state index in [0.29, 0.717) is 6.42 Å². The largest absolute Gasteiger partial charge is 0.356 e. The molecule has 5 nitrogen and oxygen atoms in total. The molecule has 0 aromatic rings. The first-order valence-electron chi connectivity index (χ1n) is 4.15. The highest BCUT2D eigenvalue weighted by Gasteiger charge is 2.36. The number of azide groups is 1. The van der Waals surface area contributed by atoms with E-state index >= 15 is 0 Å². The smallest absolute Gasteiger partial charge is 0.158 e. The minimum Gasteiger partial charge on any atom is -0.356 e. The van der Waals surface area contributed by atoms with Crippen LogP contribution in [0.2, 0.25) is 0 Å². The summed E-state index contributed by atoms with van der Waals surface area (Å²) in [5, 5.41) is 3.77. The van der Waals surface area contributed by atoms with E-state index in [-0.39, 0.29) is 22.4 Å². The molecular weight excluding hydrogens is 412 g/mol. The molecule has 1 aliphatic heterocycles. The molecule has 0 aromatic heterocycles. The second-order valence-corrected chi connectivity index (χ2v) is 5.27. The van der Waals surface area contributed by atoms with Crippen LogP contribution in [-0.2, 0) is 9.47 Å². The van der Waals surface area contributed by atoms with Crippen LogP contribution < -0.4 is 0 Å². The highest BCUT2D eigenvalue weighted by molar-refractivity contribution is 14.1. The molecule has 7 heteroatoms. The van der Waals surface area contributed by atoms with Gasteiger partial charge in [-0.2, -0.15) is 0 Å². The number of hydrogen-bond donors (Lipinski definition) is 0. The Labute approximate surface area is 110 Å². The van der Waals surface area contributed by atoms with Crippen molar-refractivity contribution in [3.05, 3.63) is 10.4 Å². The number of ether oxygens (including phenoxy) is 2. The lowest BCUT2D eigenvalue weighted by Gasteiger charge is -2.36. The number of rotatable bonds is 3. The average Bonchev–Trinajstić information content (AvgIpc) is 2.21. The molecule has 0 spiro atoms. The topological polar surface area (TPSA) is 67.2 Å². The van der Waals surface area contributed by atoms with Gasteiger partial charge in [-0.05, 0) is 5.53 Å². The molecule has 14 heavy (non-hydrogen) atoms. The van der Waals surface area contributed by atoms with Gasteiger partial charge in [0, 0.05) is 26.8 Å². The summed E-state index contributed by atoms with van der Waals surface area (Å²) in [7, 11) is 1.61. The van der Waals surface area contributed by atoms with Crippen molar-refractivity contribution in [1.29, 1.82) is 0 Å². The lowest BCUT2D eigenvalue weighted by molar-refractivity contribution is -0.172. The van der Waals surface area contributed by atoms with E-state index in [1.165, 1.54) is 0 Å². The molecule has 1 saturated heterocycles. The van der Waals surface area contributed by atoms with E-state index < -0.39 is 0 Å². The van der Waals surface area contributed by atoms with Gasteiger partial charge in [-0.15, -0.1) is 0 Å². The van der Waals surface area contributed by atoms with Crippen molar-refractivity contribution in [3.8, 4) is 0 Å². The molecule has 0 unspecified atom stereocenters. The van der Waals surface area contributed by atoms with Gasteiger partial charge in [-0.1, -0.05) is 50.3 Å². The third-order valence-electron chi connectivity index (χ3n) is 2.10. The Balaban J connectivity index is 2.69. The summed E-state index contributed by atoms with van der Waals surface area (Å²) in [6.07, 6.45) is 0.503. The van der Waals surface area contributed by atoms with Crippen LogP contribution in [0.1, 0.15) is 6.42 Å². The maximum atomic E-state index is 8.43. The number of methoxy groups -OCH3 is 1. The fraction of sp³-hybridized carbons (Fsp3) is 1.00. The van der Waals surface area contributed by atoms with Gasteiger partial charge in [0.25, 0.3) is 0 Å². The minimum absolute atomic E-state index is 0.0286. The van der Waals surface area contributed by atoms with Crippen molar-refractivity contribution in [2.24, 2.45) is 5.11 Å². The van der Waals surface area contributed by atoms with E-state index in [9.17, 15) is 0 Å². The summed E-state index contributed by atoms with van der Waals surface area (Å²) in [6.45, 7) is 0. The minimum atomic E-state index is -0.240. The van der Waals surface area contributed by atoms with Gasteiger partial charge >= 0.3 is 0 Å². The SMILES string of the molecule is CO[C@H]1C[C@H](N=[N+]=[N-])[C@H](I)[C@@H](CI)O1. The van der Waals surface area contributed by atoms with E-state index in [2.05, 4.69) is 55.2 Å². The molecule has 0 aromatic carbocycles. The van der Waals surface area contributed by atoms with Gasteiger partial charge in [0.15, 0.2) is 6.29 Å². The Bertz CT molecular complexity index is 235. The summed E-state index contributed by atoms with van der Waals surface area (Å²) in [5.74, 6) is 0. The van der Waals surface area contributed by atoms with Gasteiger partial charge < -0.3 is 9.47 Å². The first-order chi connectivity index (χ1) is 6.72. The van der Waals surface area contributed by atoms with E-state index in [1.807, 2.05) is 0 Å². The molecule has 1 aliphatic rings. The van der Waals surface area contributed by atoms with Gasteiger partial charge in [-0.25, -0.2) is 0 Å². The zero-order chi connectivity index (χ0) is 10.6. The fourth-order valence-corrected chi connectivity index (χ4v) is 3.94. The highest BCUT2D eigenvalue weighted by Crippen LogP contribution is 2.29. The summed E-state index contributed by atoms with van der Waals surface area (Å²) >= 11 is 4.55. The lowest BCUT2D eigenvalue weighted by Crippen LogP contribution is -2.45. The Morgan fingerprint density at radius 2 is 2.43 bits per heavy atom. The molecule has 0 saturated carbocycles. The summed E-state index contributed by atoms with van der Waals surface area (Å²) in [6, 6.07) is -0.0286. The van der Waals surface area contributed by atoms with Gasteiger partial charge in [-0.3, -0.25) is 0 Å². The van der Waals surface area contributed by atoms with Crippen LogP contribution in [0.25, 0.3) is 10.4 Å². The average molecular weight is 423 g/mol. The molecule has 4 atom stereocenters. The second-order valence-electron chi connectivity index (χ2n) is 2.95. The zero-order valence-electron chi connectivity index (χ0n) is 7.64.